The van der Waals surface area contributed by atoms with Crippen LogP contribution in [0.4, 0.5) is 5.13 Å². The third-order valence-corrected chi connectivity index (χ3v) is 9.05. The maximum absolute atomic E-state index is 13.3. The number of hydrogen-bond donors (Lipinski definition) is 2. The summed E-state index contributed by atoms with van der Waals surface area (Å²) >= 11 is 1.12. The van der Waals surface area contributed by atoms with Crippen LogP contribution in [-0.2, 0) is 29.0 Å². The summed E-state index contributed by atoms with van der Waals surface area (Å²) in [5, 5.41) is 9.22. The molecule has 3 heterocycles. The van der Waals surface area contributed by atoms with Gasteiger partial charge in [-0.2, -0.15) is 0 Å². The van der Waals surface area contributed by atoms with E-state index in [2.05, 4.69) is 25.8 Å². The fourth-order valence-electron chi connectivity index (χ4n) is 3.62. The van der Waals surface area contributed by atoms with Gasteiger partial charge < -0.3 is 19.6 Å². The van der Waals surface area contributed by atoms with Gasteiger partial charge in [-0.15, -0.1) is 0 Å². The van der Waals surface area contributed by atoms with Crippen LogP contribution in [0.25, 0.3) is 10.3 Å². The Kier molecular flexibility index (Phi) is 7.53. The molecule has 1 aliphatic carbocycles. The van der Waals surface area contributed by atoms with Gasteiger partial charge in [0.15, 0.2) is 33.4 Å². The van der Waals surface area contributed by atoms with Gasteiger partial charge in [0.2, 0.25) is 5.88 Å². The zero-order chi connectivity index (χ0) is 26.7. The topological polar surface area (TPSA) is 158 Å². The second-order valence-corrected chi connectivity index (χ2v) is 11.9. The van der Waals surface area contributed by atoms with Crippen LogP contribution in [0.1, 0.15) is 24.8 Å². The van der Waals surface area contributed by atoms with E-state index in [0.29, 0.717) is 48.4 Å². The molecule has 2 amide bonds. The van der Waals surface area contributed by atoms with Gasteiger partial charge in [0.25, 0.3) is 11.8 Å². The number of amides is 2. The van der Waals surface area contributed by atoms with Gasteiger partial charge in [0, 0.05) is 25.1 Å². The molecule has 14 heteroatoms. The van der Waals surface area contributed by atoms with Gasteiger partial charge in [-0.25, -0.2) is 18.4 Å². The Morgan fingerprint density at radius 3 is 2.61 bits per heavy atom. The first-order valence-electron chi connectivity index (χ1n) is 11.9. The van der Waals surface area contributed by atoms with Crippen LogP contribution in [0.3, 0.4) is 0 Å². The highest BCUT2D eigenvalue weighted by Gasteiger charge is 2.36. The average Bonchev–Trinajstić information content (AvgIpc) is 3.52. The number of carbonyl (C=O) groups is 2. The summed E-state index contributed by atoms with van der Waals surface area (Å²) < 4.78 is 35.8. The second kappa shape index (κ2) is 11.0. The van der Waals surface area contributed by atoms with Crippen molar-refractivity contribution in [3.05, 3.63) is 42.0 Å². The lowest BCUT2D eigenvalue weighted by atomic mass is 10.1. The summed E-state index contributed by atoms with van der Waals surface area (Å²) in [7, 11) is -1.86. The molecule has 2 N–H and O–H groups in total. The quantitative estimate of drug-likeness (QED) is 0.279. The number of thiazole rings is 1. The molecule has 0 bridgehead atoms. The molecule has 2 aliphatic rings. The van der Waals surface area contributed by atoms with Crippen LogP contribution in [0.15, 0.2) is 46.4 Å². The summed E-state index contributed by atoms with van der Waals surface area (Å²) in [6.07, 6.45) is 1.68. The number of nitrogens with one attached hydrogen (secondary N) is 2. The highest BCUT2D eigenvalue weighted by Crippen LogP contribution is 2.33. The third-order valence-electron chi connectivity index (χ3n) is 5.90. The Bertz CT molecular complexity index is 1480. The number of benzene rings is 1. The highest BCUT2D eigenvalue weighted by atomic mass is 32.2. The van der Waals surface area contributed by atoms with E-state index in [1.54, 1.807) is 12.1 Å². The van der Waals surface area contributed by atoms with E-state index in [4.69, 9.17) is 14.3 Å². The van der Waals surface area contributed by atoms with Crippen molar-refractivity contribution in [1.29, 1.82) is 0 Å². The molecule has 2 fully saturated rings. The highest BCUT2D eigenvalue weighted by molar-refractivity contribution is 7.92. The molecule has 0 spiro atoms. The summed E-state index contributed by atoms with van der Waals surface area (Å²) in [5.74, 6) is -0.629. The molecule has 0 unspecified atom stereocenters. The van der Waals surface area contributed by atoms with Crippen molar-refractivity contribution >= 4 is 54.2 Å². The van der Waals surface area contributed by atoms with Gasteiger partial charge in [-0.1, -0.05) is 28.6 Å². The number of carbonyl (C=O) groups excluding carboxylic acids is 2. The zero-order valence-corrected chi connectivity index (χ0v) is 22.0. The number of hydrogen-bond acceptors (Lipinski definition) is 11. The molecule has 1 aliphatic heterocycles. The number of aromatic nitrogens is 2. The fourth-order valence-corrected chi connectivity index (χ4v) is 6.11. The third kappa shape index (κ3) is 5.92. The van der Waals surface area contributed by atoms with Crippen LogP contribution >= 0.6 is 11.3 Å². The first-order valence-corrected chi connectivity index (χ1v) is 14.3. The van der Waals surface area contributed by atoms with Crippen molar-refractivity contribution < 1.29 is 32.3 Å². The summed E-state index contributed by atoms with van der Waals surface area (Å²) in [4.78, 5) is 39.7. The Hall–Kier alpha value is -3.62. The maximum Gasteiger partial charge on any atom is 0.280 e. The second-order valence-electron chi connectivity index (χ2n) is 8.71. The lowest BCUT2D eigenvalue weighted by Crippen LogP contribution is -2.25. The fraction of sp³-hybridized carbons (Fsp3) is 0.375. The molecule has 1 aromatic carbocycles. The Morgan fingerprint density at radius 2 is 1.92 bits per heavy atom. The van der Waals surface area contributed by atoms with Gasteiger partial charge >= 0.3 is 0 Å². The molecular weight excluding hydrogens is 534 g/mol. The van der Waals surface area contributed by atoms with Gasteiger partial charge in [-0.05, 0) is 31.0 Å². The number of fused-ring (bicyclic) bond motifs is 1. The molecule has 5 rings (SSSR count). The Morgan fingerprint density at radius 1 is 1.13 bits per heavy atom. The lowest BCUT2D eigenvalue weighted by Gasteiger charge is -2.10. The average molecular weight is 560 g/mol. The van der Waals surface area contributed by atoms with Gasteiger partial charge in [0.05, 0.1) is 23.4 Å². The van der Waals surface area contributed by atoms with Crippen LogP contribution in [0.2, 0.25) is 0 Å². The Labute approximate surface area is 222 Å². The SMILES string of the molecule is CNC(=O)COc1ccc2nc(NC(=O)/C(=N/O[C@@H]3CCOC3)c3ccc(S(=O)(=O)C4CC4)cc3)sc2n1. The smallest absolute Gasteiger partial charge is 0.280 e. The van der Waals surface area contributed by atoms with Crippen molar-refractivity contribution in [3.8, 4) is 5.88 Å². The zero-order valence-electron chi connectivity index (χ0n) is 20.4. The van der Waals surface area contributed by atoms with E-state index < -0.39 is 15.7 Å². The minimum atomic E-state index is -3.37. The molecular formula is C24H25N5O7S2. The van der Waals surface area contributed by atoms with Crippen LogP contribution < -0.4 is 15.4 Å². The molecule has 1 saturated heterocycles. The summed E-state index contributed by atoms with van der Waals surface area (Å²) in [6, 6.07) is 9.29. The number of pyridine rings is 1. The van der Waals surface area contributed by atoms with Crippen molar-refractivity contribution in [2.75, 3.05) is 32.2 Å². The molecule has 2 aromatic heterocycles. The van der Waals surface area contributed by atoms with Crippen molar-refractivity contribution in [1.82, 2.24) is 15.3 Å². The predicted octanol–water partition coefficient (Wildman–Crippen LogP) is 1.90. The molecule has 12 nitrogen and oxygen atoms in total. The molecule has 3 aromatic rings. The number of ether oxygens (including phenoxy) is 2. The minimum absolute atomic E-state index is 0.0333. The normalized spacial score (nSPS) is 17.8. The van der Waals surface area contributed by atoms with E-state index in [0.717, 1.165) is 11.3 Å². The molecule has 1 saturated carbocycles. The van der Waals surface area contributed by atoms with Crippen molar-refractivity contribution in [2.45, 2.75) is 35.5 Å². The van der Waals surface area contributed by atoms with E-state index in [-0.39, 0.29) is 45.5 Å². The van der Waals surface area contributed by atoms with Crippen LogP contribution in [-0.4, -0.2) is 74.1 Å². The largest absolute Gasteiger partial charge is 0.468 e. The van der Waals surface area contributed by atoms with Gasteiger partial charge in [-0.3, -0.25) is 14.9 Å². The van der Waals surface area contributed by atoms with E-state index in [1.807, 2.05) is 0 Å². The van der Waals surface area contributed by atoms with Crippen molar-refractivity contribution in [2.24, 2.45) is 5.16 Å². The van der Waals surface area contributed by atoms with E-state index >= 15 is 0 Å². The number of oxime groups is 1. The lowest BCUT2D eigenvalue weighted by molar-refractivity contribution is -0.122. The van der Waals surface area contributed by atoms with Crippen LogP contribution in [0.5, 0.6) is 5.88 Å². The standard InChI is InChI=1S/C24H25N5O7S2/c1-25-19(30)13-35-20-9-8-18-23(27-20)37-24(26-18)28-22(31)21(29-36-15-10-11-34-12-15)14-2-4-16(5-3-14)38(32,33)17-6-7-17/h2-5,8-9,15,17H,6-7,10-13H2,1H3,(H,25,30)(H,26,28,31)/b29-21+/t15-/m1/s1. The van der Waals surface area contributed by atoms with Crippen molar-refractivity contribution in [3.63, 3.8) is 0 Å². The monoisotopic (exact) mass is 559 g/mol. The summed E-state index contributed by atoms with van der Waals surface area (Å²) in [6.45, 7) is 0.734. The Balaban J connectivity index is 1.35. The molecule has 1 atom stereocenters. The van der Waals surface area contributed by atoms with E-state index in [1.165, 1.54) is 31.3 Å². The number of rotatable bonds is 10. The maximum atomic E-state index is 13.3. The molecule has 200 valence electrons. The number of likely N-dealkylation sites (N-methyl/N-ethyl adjacent to an activating group) is 1. The number of anilines is 1. The first-order chi connectivity index (χ1) is 18.3. The van der Waals surface area contributed by atoms with Crippen LogP contribution in [0, 0.1) is 0 Å². The summed E-state index contributed by atoms with van der Waals surface area (Å²) in [5.41, 5.74) is 0.888. The predicted molar refractivity (Wildman–Crippen MR) is 139 cm³/mol. The minimum Gasteiger partial charge on any atom is -0.468 e. The molecule has 0 radical (unpaired) electrons. The first kappa shape index (κ1) is 26.0. The van der Waals surface area contributed by atoms with Gasteiger partial charge in [0.1, 0.15) is 10.3 Å². The number of sulfone groups is 1. The van der Waals surface area contributed by atoms with E-state index in [9.17, 15) is 18.0 Å². The molecule has 38 heavy (non-hydrogen) atoms. The number of nitrogens with zero attached hydrogens (tertiary/aromatic N) is 3.